The van der Waals surface area contributed by atoms with Crippen LogP contribution in [0.3, 0.4) is 0 Å². The Hall–Kier alpha value is -1.42. The van der Waals surface area contributed by atoms with E-state index in [0.29, 0.717) is 12.1 Å². The maximum atomic E-state index is 10.6. The summed E-state index contributed by atoms with van der Waals surface area (Å²) in [5.41, 5.74) is -0.341. The first-order valence-corrected chi connectivity index (χ1v) is 4.89. The summed E-state index contributed by atoms with van der Waals surface area (Å²) in [4.78, 5) is 14.5. The lowest BCUT2D eigenvalue weighted by atomic mass is 9.96. The molecule has 0 fully saturated rings. The second kappa shape index (κ2) is 4.40. The lowest BCUT2D eigenvalue weighted by Gasteiger charge is -2.21. The van der Waals surface area contributed by atoms with Gasteiger partial charge in [0.05, 0.1) is 11.3 Å². The molecule has 4 nitrogen and oxygen atoms in total. The molecule has 1 unspecified atom stereocenters. The maximum absolute atomic E-state index is 10.6. The summed E-state index contributed by atoms with van der Waals surface area (Å²) >= 11 is 0. The van der Waals surface area contributed by atoms with E-state index in [1.165, 1.54) is 12.3 Å². The fourth-order valence-corrected chi connectivity index (χ4v) is 1.45. The van der Waals surface area contributed by atoms with Crippen molar-refractivity contribution in [2.75, 3.05) is 0 Å². The molecular weight excluding hydrogens is 194 g/mol. The van der Waals surface area contributed by atoms with Crippen molar-refractivity contribution in [3.63, 3.8) is 0 Å². The summed E-state index contributed by atoms with van der Waals surface area (Å²) in [6, 6.07) is 3.01. The van der Waals surface area contributed by atoms with Gasteiger partial charge in [-0.15, -0.1) is 0 Å². The Balaban J connectivity index is 2.93. The largest absolute Gasteiger partial charge is 0.478 e. The topological polar surface area (TPSA) is 70.4 Å². The van der Waals surface area contributed by atoms with Gasteiger partial charge < -0.3 is 10.2 Å². The Bertz CT molecular complexity index is 343. The Morgan fingerprint density at radius 2 is 2.20 bits per heavy atom. The first-order chi connectivity index (χ1) is 6.97. The Morgan fingerprint density at radius 1 is 1.53 bits per heavy atom. The molecule has 1 atom stereocenters. The number of aliphatic hydroxyl groups is 1. The first-order valence-electron chi connectivity index (χ1n) is 4.89. The number of pyridine rings is 1. The lowest BCUT2D eigenvalue weighted by molar-refractivity contribution is 0.0423. The van der Waals surface area contributed by atoms with Gasteiger partial charge in [0.25, 0.3) is 0 Å². The predicted molar refractivity (Wildman–Crippen MR) is 55.7 cm³/mol. The molecule has 0 aliphatic carbocycles. The number of carboxylic acids is 1. The highest BCUT2D eigenvalue weighted by Gasteiger charge is 2.23. The van der Waals surface area contributed by atoms with Crippen molar-refractivity contribution in [1.82, 2.24) is 4.98 Å². The van der Waals surface area contributed by atoms with Crippen molar-refractivity contribution < 1.29 is 15.0 Å². The Kier molecular flexibility index (Phi) is 3.42. The van der Waals surface area contributed by atoms with Gasteiger partial charge >= 0.3 is 5.97 Å². The third-order valence-electron chi connectivity index (χ3n) is 2.30. The SMILES string of the molecule is CCCC(C)(O)c1ccc(C(=O)O)cn1. The van der Waals surface area contributed by atoms with Gasteiger partial charge in [-0.25, -0.2) is 4.79 Å². The van der Waals surface area contributed by atoms with Crippen LogP contribution in [0.15, 0.2) is 18.3 Å². The number of nitrogens with zero attached hydrogens (tertiary/aromatic N) is 1. The molecule has 0 spiro atoms. The third-order valence-corrected chi connectivity index (χ3v) is 2.30. The van der Waals surface area contributed by atoms with Crippen LogP contribution in [-0.4, -0.2) is 21.2 Å². The van der Waals surface area contributed by atoms with E-state index in [1.54, 1.807) is 13.0 Å². The van der Waals surface area contributed by atoms with Gasteiger partial charge in [-0.3, -0.25) is 4.98 Å². The molecule has 1 rings (SSSR count). The van der Waals surface area contributed by atoms with Crippen LogP contribution in [-0.2, 0) is 5.60 Å². The minimum atomic E-state index is -1.01. The van der Waals surface area contributed by atoms with E-state index < -0.39 is 11.6 Å². The van der Waals surface area contributed by atoms with E-state index in [2.05, 4.69) is 4.98 Å². The summed E-state index contributed by atoms with van der Waals surface area (Å²) in [5, 5.41) is 18.7. The van der Waals surface area contributed by atoms with Gasteiger partial charge in [0, 0.05) is 6.20 Å². The van der Waals surface area contributed by atoms with E-state index in [4.69, 9.17) is 5.11 Å². The van der Waals surface area contributed by atoms with Crippen LogP contribution < -0.4 is 0 Å². The van der Waals surface area contributed by atoms with Gasteiger partial charge in [-0.05, 0) is 25.5 Å². The van der Waals surface area contributed by atoms with Crippen molar-refractivity contribution in [1.29, 1.82) is 0 Å². The molecule has 82 valence electrons. The highest BCUT2D eigenvalue weighted by Crippen LogP contribution is 2.23. The molecule has 1 heterocycles. The zero-order chi connectivity index (χ0) is 11.5. The second-order valence-electron chi connectivity index (χ2n) is 3.76. The zero-order valence-electron chi connectivity index (χ0n) is 8.90. The van der Waals surface area contributed by atoms with Gasteiger partial charge in [0.15, 0.2) is 0 Å². The van der Waals surface area contributed by atoms with Gasteiger partial charge in [-0.2, -0.15) is 0 Å². The number of aromatic nitrogens is 1. The molecule has 0 amide bonds. The van der Waals surface area contributed by atoms with Gasteiger partial charge in [0.1, 0.15) is 5.60 Å². The van der Waals surface area contributed by atoms with Crippen molar-refractivity contribution >= 4 is 5.97 Å². The molecule has 2 N–H and O–H groups in total. The monoisotopic (exact) mass is 209 g/mol. The Morgan fingerprint density at radius 3 is 2.60 bits per heavy atom. The van der Waals surface area contributed by atoms with Gasteiger partial charge in [-0.1, -0.05) is 13.3 Å². The van der Waals surface area contributed by atoms with Crippen LogP contribution in [0.5, 0.6) is 0 Å². The molecular formula is C11H15NO3. The number of hydrogen-bond acceptors (Lipinski definition) is 3. The molecule has 0 aliphatic rings. The molecule has 1 aromatic heterocycles. The van der Waals surface area contributed by atoms with E-state index in [1.807, 2.05) is 6.92 Å². The molecule has 0 aliphatic heterocycles. The third kappa shape index (κ3) is 2.76. The molecule has 0 aromatic carbocycles. The van der Waals surface area contributed by atoms with Crippen molar-refractivity contribution in [3.8, 4) is 0 Å². The van der Waals surface area contributed by atoms with Crippen molar-refractivity contribution in [3.05, 3.63) is 29.6 Å². The fourth-order valence-electron chi connectivity index (χ4n) is 1.45. The summed E-state index contributed by atoms with van der Waals surface area (Å²) in [7, 11) is 0. The molecule has 0 bridgehead atoms. The lowest BCUT2D eigenvalue weighted by Crippen LogP contribution is -2.22. The number of carboxylic acid groups (broad SMARTS) is 1. The molecule has 4 heteroatoms. The Labute approximate surface area is 88.6 Å². The normalized spacial score (nSPS) is 14.6. The van der Waals surface area contributed by atoms with Crippen LogP contribution in [0.25, 0.3) is 0 Å². The van der Waals surface area contributed by atoms with Crippen LogP contribution in [0.1, 0.15) is 42.7 Å². The van der Waals surface area contributed by atoms with Crippen LogP contribution >= 0.6 is 0 Å². The highest BCUT2D eigenvalue weighted by molar-refractivity contribution is 5.87. The van der Waals surface area contributed by atoms with E-state index in [0.717, 1.165) is 6.42 Å². The highest BCUT2D eigenvalue weighted by atomic mass is 16.4. The average Bonchev–Trinajstić information content (AvgIpc) is 2.18. The van der Waals surface area contributed by atoms with Crippen LogP contribution in [0.2, 0.25) is 0 Å². The fraction of sp³-hybridized carbons (Fsp3) is 0.455. The summed E-state index contributed by atoms with van der Waals surface area (Å²) in [5.74, 6) is -1.01. The van der Waals surface area contributed by atoms with Crippen LogP contribution in [0, 0.1) is 0 Å². The minimum Gasteiger partial charge on any atom is -0.478 e. The number of aromatic carboxylic acids is 1. The van der Waals surface area contributed by atoms with Crippen molar-refractivity contribution in [2.45, 2.75) is 32.3 Å². The van der Waals surface area contributed by atoms with E-state index in [9.17, 15) is 9.90 Å². The van der Waals surface area contributed by atoms with E-state index >= 15 is 0 Å². The van der Waals surface area contributed by atoms with Gasteiger partial charge in [0.2, 0.25) is 0 Å². The smallest absolute Gasteiger partial charge is 0.337 e. The number of rotatable bonds is 4. The average molecular weight is 209 g/mol. The number of hydrogen-bond donors (Lipinski definition) is 2. The summed E-state index contributed by atoms with van der Waals surface area (Å²) in [6.07, 6.45) is 2.71. The van der Waals surface area contributed by atoms with E-state index in [-0.39, 0.29) is 5.56 Å². The molecule has 15 heavy (non-hydrogen) atoms. The number of carbonyl (C=O) groups is 1. The van der Waals surface area contributed by atoms with Crippen LogP contribution in [0.4, 0.5) is 0 Å². The minimum absolute atomic E-state index is 0.131. The first kappa shape index (κ1) is 11.7. The molecule has 0 saturated carbocycles. The standard InChI is InChI=1S/C11H15NO3/c1-3-6-11(2,15)9-5-4-8(7-12-9)10(13)14/h4-5,7,15H,3,6H2,1-2H3,(H,13,14). The molecule has 1 aromatic rings. The quantitative estimate of drug-likeness (QED) is 0.793. The van der Waals surface area contributed by atoms with Crippen molar-refractivity contribution in [2.24, 2.45) is 0 Å². The summed E-state index contributed by atoms with van der Waals surface area (Å²) < 4.78 is 0. The predicted octanol–water partition coefficient (Wildman–Crippen LogP) is 1.79. The summed E-state index contributed by atoms with van der Waals surface area (Å²) in [6.45, 7) is 3.65. The molecule has 0 saturated heterocycles. The zero-order valence-corrected chi connectivity index (χ0v) is 8.90. The second-order valence-corrected chi connectivity index (χ2v) is 3.76. The maximum Gasteiger partial charge on any atom is 0.337 e. The molecule has 0 radical (unpaired) electrons.